The van der Waals surface area contributed by atoms with Crippen LogP contribution in [0.5, 0.6) is 0 Å². The van der Waals surface area contributed by atoms with E-state index in [0.29, 0.717) is 0 Å². The second kappa shape index (κ2) is 6.85. The van der Waals surface area contributed by atoms with Gasteiger partial charge in [0.05, 0.1) is 17.2 Å². The van der Waals surface area contributed by atoms with Crippen LogP contribution in [0.1, 0.15) is 4.88 Å². The number of thiazole rings is 1. The molecule has 0 spiro atoms. The molecular formula is C14H19N3O2S2. The summed E-state index contributed by atoms with van der Waals surface area (Å²) >= 11 is 2.97. The van der Waals surface area contributed by atoms with Crippen molar-refractivity contribution < 1.29 is 5.11 Å². The Labute approximate surface area is 131 Å². The lowest BCUT2D eigenvalue weighted by atomic mass is 10.2. The molecule has 0 bridgehead atoms. The zero-order chi connectivity index (χ0) is 14.7. The average molecular weight is 325 g/mol. The summed E-state index contributed by atoms with van der Waals surface area (Å²) in [6, 6.07) is 4.05. The average Bonchev–Trinajstić information content (AvgIpc) is 3.11. The van der Waals surface area contributed by atoms with Gasteiger partial charge in [0, 0.05) is 44.1 Å². The van der Waals surface area contributed by atoms with Crippen molar-refractivity contribution in [2.75, 3.05) is 39.3 Å². The molecule has 3 heterocycles. The van der Waals surface area contributed by atoms with Crippen molar-refractivity contribution in [2.24, 2.45) is 0 Å². The van der Waals surface area contributed by atoms with Crippen LogP contribution in [0.4, 0.5) is 0 Å². The fraction of sp³-hybridized carbons (Fsp3) is 0.500. The number of rotatable bonds is 5. The van der Waals surface area contributed by atoms with E-state index in [0.717, 1.165) is 54.7 Å². The minimum Gasteiger partial charge on any atom is -0.395 e. The van der Waals surface area contributed by atoms with Crippen molar-refractivity contribution in [3.05, 3.63) is 32.1 Å². The van der Waals surface area contributed by atoms with Gasteiger partial charge in [-0.3, -0.25) is 14.6 Å². The highest BCUT2D eigenvalue weighted by Gasteiger charge is 2.19. The Morgan fingerprint density at radius 1 is 1.24 bits per heavy atom. The number of nitrogens with zero attached hydrogens (tertiary/aromatic N) is 2. The maximum atomic E-state index is 11.7. The lowest BCUT2D eigenvalue weighted by Gasteiger charge is -2.34. The van der Waals surface area contributed by atoms with Crippen LogP contribution in [0.25, 0.3) is 10.6 Å². The Kier molecular flexibility index (Phi) is 4.87. The first-order valence-corrected chi connectivity index (χ1v) is 8.77. The molecule has 0 radical (unpaired) electrons. The first kappa shape index (κ1) is 14.9. The van der Waals surface area contributed by atoms with E-state index < -0.39 is 0 Å². The third-order valence-electron chi connectivity index (χ3n) is 3.74. The standard InChI is InChI=1S/C14H19N3O2S2/c18-8-7-16-3-5-17(6-4-16)10-12-13(15-14(19)21-12)11-2-1-9-20-11/h1-2,9,18H,3-8,10H2,(H,15,19). The van der Waals surface area contributed by atoms with E-state index in [1.54, 1.807) is 11.3 Å². The number of aliphatic hydroxyl groups is 1. The highest BCUT2D eigenvalue weighted by atomic mass is 32.1. The number of β-amino-alcohol motifs (C(OH)–C–C–N with tert-alkyl or cyclic N) is 1. The quantitative estimate of drug-likeness (QED) is 0.869. The molecule has 5 nitrogen and oxygen atoms in total. The van der Waals surface area contributed by atoms with Gasteiger partial charge >= 0.3 is 4.87 Å². The Morgan fingerprint density at radius 2 is 2.00 bits per heavy atom. The number of hydrogen-bond acceptors (Lipinski definition) is 6. The summed E-state index contributed by atoms with van der Waals surface area (Å²) < 4.78 is 0. The molecule has 0 unspecified atom stereocenters. The van der Waals surface area contributed by atoms with Crippen LogP contribution in [0, 0.1) is 0 Å². The predicted molar refractivity (Wildman–Crippen MR) is 87.1 cm³/mol. The number of piperazine rings is 1. The fourth-order valence-corrected chi connectivity index (χ4v) is 4.31. The molecule has 0 aromatic carbocycles. The van der Waals surface area contributed by atoms with Gasteiger partial charge in [0.2, 0.25) is 0 Å². The van der Waals surface area contributed by atoms with Crippen LogP contribution in [0.2, 0.25) is 0 Å². The number of thiophene rings is 1. The molecule has 0 aliphatic carbocycles. The Balaban J connectivity index is 1.68. The molecule has 7 heteroatoms. The summed E-state index contributed by atoms with van der Waals surface area (Å²) in [6.45, 7) is 5.73. The number of aromatic amines is 1. The van der Waals surface area contributed by atoms with Crippen LogP contribution in [-0.2, 0) is 6.54 Å². The molecule has 3 rings (SSSR count). The summed E-state index contributed by atoms with van der Waals surface area (Å²) in [5, 5.41) is 11.0. The molecule has 2 aromatic rings. The van der Waals surface area contributed by atoms with E-state index in [9.17, 15) is 4.79 Å². The molecule has 0 atom stereocenters. The van der Waals surface area contributed by atoms with Crippen LogP contribution in [-0.4, -0.2) is 59.2 Å². The van der Waals surface area contributed by atoms with Crippen molar-refractivity contribution in [1.82, 2.24) is 14.8 Å². The van der Waals surface area contributed by atoms with Crippen molar-refractivity contribution in [1.29, 1.82) is 0 Å². The third-order valence-corrected chi connectivity index (χ3v) is 5.49. The lowest BCUT2D eigenvalue weighted by molar-refractivity contribution is 0.109. The zero-order valence-corrected chi connectivity index (χ0v) is 13.4. The lowest BCUT2D eigenvalue weighted by Crippen LogP contribution is -2.46. The summed E-state index contributed by atoms with van der Waals surface area (Å²) in [5.41, 5.74) is 0.984. The topological polar surface area (TPSA) is 59.6 Å². The SMILES string of the molecule is O=c1[nH]c(-c2cccs2)c(CN2CCN(CCO)CC2)s1. The number of hydrogen-bond donors (Lipinski definition) is 2. The van der Waals surface area contributed by atoms with E-state index in [1.807, 2.05) is 17.5 Å². The van der Waals surface area contributed by atoms with Gasteiger partial charge in [-0.1, -0.05) is 17.4 Å². The summed E-state index contributed by atoms with van der Waals surface area (Å²) in [4.78, 5) is 21.6. The molecule has 1 aliphatic heterocycles. The van der Waals surface area contributed by atoms with Crippen LogP contribution in [0.3, 0.4) is 0 Å². The minimum atomic E-state index is 0.0207. The van der Waals surface area contributed by atoms with Crippen molar-refractivity contribution >= 4 is 22.7 Å². The molecule has 1 fully saturated rings. The first-order chi connectivity index (χ1) is 10.3. The van der Waals surface area contributed by atoms with Crippen molar-refractivity contribution in [3.63, 3.8) is 0 Å². The number of aromatic nitrogens is 1. The molecule has 0 amide bonds. The Hall–Kier alpha value is -0.990. The van der Waals surface area contributed by atoms with E-state index in [1.165, 1.54) is 11.3 Å². The van der Waals surface area contributed by atoms with Crippen molar-refractivity contribution in [3.8, 4) is 10.6 Å². The molecule has 1 saturated heterocycles. The molecule has 0 saturated carbocycles. The van der Waals surface area contributed by atoms with Gasteiger partial charge in [0.15, 0.2) is 0 Å². The van der Waals surface area contributed by atoms with Gasteiger partial charge in [0.1, 0.15) is 0 Å². The Bertz CT molecular complexity index is 612. The monoisotopic (exact) mass is 325 g/mol. The van der Waals surface area contributed by atoms with Crippen LogP contribution < -0.4 is 4.87 Å². The van der Waals surface area contributed by atoms with Gasteiger partial charge < -0.3 is 10.1 Å². The molecule has 1 aliphatic rings. The summed E-state index contributed by atoms with van der Waals surface area (Å²) in [6.07, 6.45) is 0. The number of aliphatic hydroxyl groups excluding tert-OH is 1. The summed E-state index contributed by atoms with van der Waals surface area (Å²) in [7, 11) is 0. The largest absolute Gasteiger partial charge is 0.395 e. The molecular weight excluding hydrogens is 306 g/mol. The maximum absolute atomic E-state index is 11.7. The van der Waals surface area contributed by atoms with Crippen molar-refractivity contribution in [2.45, 2.75) is 6.54 Å². The van der Waals surface area contributed by atoms with E-state index >= 15 is 0 Å². The number of nitrogens with one attached hydrogen (secondary N) is 1. The fourth-order valence-electron chi connectivity index (χ4n) is 2.61. The first-order valence-electron chi connectivity index (χ1n) is 7.07. The van der Waals surface area contributed by atoms with Gasteiger partial charge in [-0.25, -0.2) is 0 Å². The van der Waals surface area contributed by atoms with E-state index in [-0.39, 0.29) is 11.5 Å². The van der Waals surface area contributed by atoms with Crippen LogP contribution >= 0.6 is 22.7 Å². The van der Waals surface area contributed by atoms with Gasteiger partial charge in [0.25, 0.3) is 0 Å². The predicted octanol–water partition coefficient (Wildman–Crippen LogP) is 1.27. The Morgan fingerprint density at radius 3 is 2.67 bits per heavy atom. The van der Waals surface area contributed by atoms with Gasteiger partial charge in [-0.2, -0.15) is 0 Å². The summed E-state index contributed by atoms with van der Waals surface area (Å²) in [5.74, 6) is 0. The third kappa shape index (κ3) is 3.61. The molecule has 2 aromatic heterocycles. The molecule has 2 N–H and O–H groups in total. The zero-order valence-electron chi connectivity index (χ0n) is 11.7. The second-order valence-electron chi connectivity index (χ2n) is 5.13. The van der Waals surface area contributed by atoms with E-state index in [2.05, 4.69) is 14.8 Å². The highest BCUT2D eigenvalue weighted by molar-refractivity contribution is 7.14. The van der Waals surface area contributed by atoms with Gasteiger partial charge in [-0.05, 0) is 11.4 Å². The molecule has 114 valence electrons. The maximum Gasteiger partial charge on any atom is 0.305 e. The van der Waals surface area contributed by atoms with E-state index in [4.69, 9.17) is 5.11 Å². The smallest absolute Gasteiger partial charge is 0.305 e. The second-order valence-corrected chi connectivity index (χ2v) is 7.15. The number of H-pyrrole nitrogens is 1. The normalized spacial score (nSPS) is 17.4. The van der Waals surface area contributed by atoms with Gasteiger partial charge in [-0.15, -0.1) is 11.3 Å². The highest BCUT2D eigenvalue weighted by Crippen LogP contribution is 2.28. The minimum absolute atomic E-state index is 0.0207. The molecule has 21 heavy (non-hydrogen) atoms. The van der Waals surface area contributed by atoms with Crippen LogP contribution in [0.15, 0.2) is 22.3 Å².